The van der Waals surface area contributed by atoms with Gasteiger partial charge in [-0.3, -0.25) is 14.9 Å². The van der Waals surface area contributed by atoms with Crippen molar-refractivity contribution >= 4 is 17.3 Å². The fourth-order valence-electron chi connectivity index (χ4n) is 2.92. The average Bonchev–Trinajstić information content (AvgIpc) is 3.13. The summed E-state index contributed by atoms with van der Waals surface area (Å²) in [5, 5.41) is 13.7. The van der Waals surface area contributed by atoms with Gasteiger partial charge in [0.15, 0.2) is 12.4 Å². The molecule has 0 unspecified atom stereocenters. The first-order chi connectivity index (χ1) is 12.6. The number of carbonyl (C=O) groups is 1. The molecule has 1 aliphatic rings. The molecule has 1 saturated carbocycles. The number of para-hydroxylation sites is 2. The lowest BCUT2D eigenvalue weighted by Gasteiger charge is -2.14. The maximum Gasteiger partial charge on any atom is 0.310 e. The smallest absolute Gasteiger partial charge is 0.310 e. The van der Waals surface area contributed by atoms with Gasteiger partial charge >= 0.3 is 5.69 Å². The molecule has 0 bridgehead atoms. The molecular formula is C19H20N2O5. The minimum absolute atomic E-state index is 0.0611. The van der Waals surface area contributed by atoms with Gasteiger partial charge in [0.05, 0.1) is 11.0 Å². The zero-order valence-corrected chi connectivity index (χ0v) is 14.2. The first-order valence-electron chi connectivity index (χ1n) is 8.54. The fourth-order valence-corrected chi connectivity index (χ4v) is 2.92. The largest absolute Gasteiger partial charge is 0.490 e. The third-order valence-corrected chi connectivity index (χ3v) is 4.14. The molecule has 3 rings (SSSR count). The number of amides is 1. The van der Waals surface area contributed by atoms with Crippen LogP contribution in [0.3, 0.4) is 0 Å². The Morgan fingerprint density at radius 2 is 1.92 bits per heavy atom. The Labute approximate surface area is 151 Å². The molecule has 0 aromatic heterocycles. The summed E-state index contributed by atoms with van der Waals surface area (Å²) in [6.45, 7) is -0.321. The molecule has 26 heavy (non-hydrogen) atoms. The van der Waals surface area contributed by atoms with E-state index in [-0.39, 0.29) is 24.1 Å². The van der Waals surface area contributed by atoms with Crippen molar-refractivity contribution in [2.75, 3.05) is 11.9 Å². The molecule has 1 amide bonds. The van der Waals surface area contributed by atoms with Gasteiger partial charge in [0.1, 0.15) is 5.75 Å². The molecule has 1 fully saturated rings. The van der Waals surface area contributed by atoms with Crippen molar-refractivity contribution in [3.63, 3.8) is 0 Å². The highest BCUT2D eigenvalue weighted by molar-refractivity contribution is 5.92. The number of nitro benzene ring substituents is 1. The fraction of sp³-hybridized carbons (Fsp3) is 0.316. The van der Waals surface area contributed by atoms with E-state index in [1.807, 2.05) is 12.1 Å². The van der Waals surface area contributed by atoms with Crippen molar-refractivity contribution in [3.05, 3.63) is 58.6 Å². The van der Waals surface area contributed by atoms with Crippen molar-refractivity contribution in [3.8, 4) is 11.5 Å². The normalized spacial score (nSPS) is 14.0. The highest BCUT2D eigenvalue weighted by Crippen LogP contribution is 2.27. The van der Waals surface area contributed by atoms with E-state index in [9.17, 15) is 14.9 Å². The number of ether oxygens (including phenoxy) is 2. The van der Waals surface area contributed by atoms with Gasteiger partial charge in [0, 0.05) is 17.8 Å². The number of nitrogens with zero attached hydrogens (tertiary/aromatic N) is 1. The second kappa shape index (κ2) is 8.33. The van der Waals surface area contributed by atoms with Crippen molar-refractivity contribution in [1.82, 2.24) is 0 Å². The molecule has 136 valence electrons. The van der Waals surface area contributed by atoms with Crippen LogP contribution in [0.1, 0.15) is 25.7 Å². The van der Waals surface area contributed by atoms with Gasteiger partial charge in [-0.1, -0.05) is 18.2 Å². The van der Waals surface area contributed by atoms with E-state index in [1.54, 1.807) is 24.3 Å². The Balaban J connectivity index is 1.56. The van der Waals surface area contributed by atoms with E-state index in [4.69, 9.17) is 9.47 Å². The van der Waals surface area contributed by atoms with Crippen LogP contribution in [0.2, 0.25) is 0 Å². The molecule has 7 nitrogen and oxygen atoms in total. The van der Waals surface area contributed by atoms with Crippen molar-refractivity contribution in [2.45, 2.75) is 31.8 Å². The van der Waals surface area contributed by atoms with Crippen LogP contribution in [0, 0.1) is 10.1 Å². The minimum atomic E-state index is -0.545. The van der Waals surface area contributed by atoms with E-state index in [0.29, 0.717) is 11.4 Å². The van der Waals surface area contributed by atoms with Crippen LogP contribution < -0.4 is 14.8 Å². The first-order valence-corrected chi connectivity index (χ1v) is 8.54. The first kappa shape index (κ1) is 17.7. The monoisotopic (exact) mass is 356 g/mol. The molecule has 1 N–H and O–H groups in total. The van der Waals surface area contributed by atoms with Gasteiger partial charge < -0.3 is 14.8 Å². The van der Waals surface area contributed by atoms with Crippen LogP contribution >= 0.6 is 0 Å². The van der Waals surface area contributed by atoms with E-state index in [1.165, 1.54) is 25.0 Å². The second-order valence-corrected chi connectivity index (χ2v) is 6.11. The van der Waals surface area contributed by atoms with Gasteiger partial charge in [0.2, 0.25) is 0 Å². The average molecular weight is 356 g/mol. The van der Waals surface area contributed by atoms with Crippen LogP contribution in [0.25, 0.3) is 0 Å². The maximum absolute atomic E-state index is 12.1. The van der Waals surface area contributed by atoms with Crippen molar-refractivity contribution in [1.29, 1.82) is 0 Å². The summed E-state index contributed by atoms with van der Waals surface area (Å²) in [7, 11) is 0. The third-order valence-electron chi connectivity index (χ3n) is 4.14. The molecule has 1 aliphatic carbocycles. The van der Waals surface area contributed by atoms with E-state index in [2.05, 4.69) is 5.32 Å². The molecule has 2 aromatic carbocycles. The minimum Gasteiger partial charge on any atom is -0.490 e. The van der Waals surface area contributed by atoms with Crippen molar-refractivity contribution in [2.24, 2.45) is 0 Å². The number of hydrogen-bond donors (Lipinski definition) is 1. The highest BCUT2D eigenvalue weighted by Gasteiger charge is 2.17. The number of benzene rings is 2. The molecule has 7 heteroatoms. The number of anilines is 1. The summed E-state index contributed by atoms with van der Waals surface area (Å²) in [6.07, 6.45) is 4.72. The summed E-state index contributed by atoms with van der Waals surface area (Å²) in [5.41, 5.74) is 0.420. The third kappa shape index (κ3) is 4.72. The summed E-state index contributed by atoms with van der Waals surface area (Å²) in [6, 6.07) is 13.1. The summed E-state index contributed by atoms with van der Waals surface area (Å²) in [5.74, 6) is 0.376. The zero-order valence-electron chi connectivity index (χ0n) is 14.2. The molecule has 0 spiro atoms. The Morgan fingerprint density at radius 3 is 2.69 bits per heavy atom. The lowest BCUT2D eigenvalue weighted by Crippen LogP contribution is -2.20. The molecule has 0 atom stereocenters. The lowest BCUT2D eigenvalue weighted by molar-refractivity contribution is -0.385. The summed E-state index contributed by atoms with van der Waals surface area (Å²) < 4.78 is 11.2. The van der Waals surface area contributed by atoms with Crippen molar-refractivity contribution < 1.29 is 19.2 Å². The Morgan fingerprint density at radius 1 is 1.15 bits per heavy atom. The standard InChI is InChI=1S/C19H20N2O5/c22-19(13-25-18-11-4-3-10-17(18)21(23)24)20-14-6-5-9-16(12-14)26-15-7-1-2-8-15/h3-6,9-12,15H,1-2,7-8,13H2,(H,20,22). The summed E-state index contributed by atoms with van der Waals surface area (Å²) in [4.78, 5) is 22.5. The number of nitro groups is 1. The molecule has 0 saturated heterocycles. The molecule has 0 heterocycles. The second-order valence-electron chi connectivity index (χ2n) is 6.11. The SMILES string of the molecule is O=C(COc1ccccc1[N+](=O)[O-])Nc1cccc(OC2CCCC2)c1. The number of rotatable bonds is 7. The molecule has 0 aliphatic heterocycles. The van der Waals surface area contributed by atoms with Crippen LogP contribution in [0.5, 0.6) is 11.5 Å². The predicted molar refractivity (Wildman–Crippen MR) is 96.5 cm³/mol. The van der Waals surface area contributed by atoms with Gasteiger partial charge in [-0.2, -0.15) is 0 Å². The van der Waals surface area contributed by atoms with Crippen LogP contribution in [-0.4, -0.2) is 23.5 Å². The number of hydrogen-bond acceptors (Lipinski definition) is 5. The van der Waals surface area contributed by atoms with Crippen LogP contribution in [0.4, 0.5) is 11.4 Å². The Bertz CT molecular complexity index is 787. The van der Waals surface area contributed by atoms with Gasteiger partial charge in [0.25, 0.3) is 5.91 Å². The van der Waals surface area contributed by atoms with Gasteiger partial charge in [-0.05, 0) is 43.9 Å². The topological polar surface area (TPSA) is 90.7 Å². The van der Waals surface area contributed by atoms with Crippen LogP contribution in [0.15, 0.2) is 48.5 Å². The lowest BCUT2D eigenvalue weighted by atomic mass is 10.2. The number of nitrogens with one attached hydrogen (secondary N) is 1. The zero-order chi connectivity index (χ0) is 18.4. The predicted octanol–water partition coefficient (Wildman–Crippen LogP) is 3.93. The Hall–Kier alpha value is -3.09. The molecule has 0 radical (unpaired) electrons. The molecule has 2 aromatic rings. The maximum atomic E-state index is 12.1. The van der Waals surface area contributed by atoms with E-state index < -0.39 is 10.8 Å². The quantitative estimate of drug-likeness (QED) is 0.599. The van der Waals surface area contributed by atoms with E-state index in [0.717, 1.165) is 12.8 Å². The van der Waals surface area contributed by atoms with Gasteiger partial charge in [-0.15, -0.1) is 0 Å². The van der Waals surface area contributed by atoms with E-state index >= 15 is 0 Å². The highest BCUT2D eigenvalue weighted by atomic mass is 16.6. The number of carbonyl (C=O) groups excluding carboxylic acids is 1. The van der Waals surface area contributed by atoms with Crippen LogP contribution in [-0.2, 0) is 4.79 Å². The summed E-state index contributed by atoms with van der Waals surface area (Å²) >= 11 is 0. The van der Waals surface area contributed by atoms with Gasteiger partial charge in [-0.25, -0.2) is 0 Å². The molecular weight excluding hydrogens is 336 g/mol. The Kier molecular flexibility index (Phi) is 5.68.